The Bertz CT molecular complexity index is 179. The van der Waals surface area contributed by atoms with Gasteiger partial charge in [0.05, 0.1) is 0 Å². The minimum absolute atomic E-state index is 0.481. The molecule has 0 amide bonds. The second-order valence-electron chi connectivity index (χ2n) is 5.37. The van der Waals surface area contributed by atoms with Crippen molar-refractivity contribution in [1.82, 2.24) is 0 Å². The third kappa shape index (κ3) is 0.841. The van der Waals surface area contributed by atoms with Crippen LogP contribution in [0, 0.1) is 29.2 Å². The van der Waals surface area contributed by atoms with Crippen molar-refractivity contribution in [3.05, 3.63) is 12.7 Å². The number of allylic oxidation sites excluding steroid dienone is 1. The first-order valence-corrected chi connectivity index (χ1v) is 5.34. The zero-order valence-electron chi connectivity index (χ0n) is 7.68. The highest BCUT2D eigenvalue weighted by atomic mass is 14.5. The van der Waals surface area contributed by atoms with E-state index in [0.29, 0.717) is 5.41 Å². The summed E-state index contributed by atoms with van der Waals surface area (Å²) in [7, 11) is 0. The van der Waals surface area contributed by atoms with Crippen molar-refractivity contribution in [2.45, 2.75) is 38.5 Å². The Hall–Kier alpha value is -0.260. The molecule has 4 fully saturated rings. The molecule has 4 saturated carbocycles. The maximum Gasteiger partial charge on any atom is -0.00422 e. The smallest absolute Gasteiger partial charge is 0.00422 e. The van der Waals surface area contributed by atoms with Crippen molar-refractivity contribution in [3.8, 4) is 0 Å². The molecule has 0 heteroatoms. The first-order chi connectivity index (χ1) is 5.80. The van der Waals surface area contributed by atoms with Gasteiger partial charge in [0.2, 0.25) is 0 Å². The summed E-state index contributed by atoms with van der Waals surface area (Å²) >= 11 is 0. The fourth-order valence-corrected chi connectivity index (χ4v) is 4.33. The van der Waals surface area contributed by atoms with Crippen molar-refractivity contribution < 1.29 is 0 Å². The lowest BCUT2D eigenvalue weighted by Gasteiger charge is -2.55. The van der Waals surface area contributed by atoms with Gasteiger partial charge in [-0.15, -0.1) is 0 Å². The molecule has 4 aliphatic carbocycles. The van der Waals surface area contributed by atoms with Crippen molar-refractivity contribution in [2.24, 2.45) is 23.2 Å². The third-order valence-corrected chi connectivity index (χ3v) is 4.41. The molecular weight excluding hydrogens is 144 g/mol. The quantitative estimate of drug-likeness (QED) is 0.554. The predicted octanol–water partition coefficient (Wildman–Crippen LogP) is 3.19. The molecule has 1 radical (unpaired) electrons. The van der Waals surface area contributed by atoms with Gasteiger partial charge in [-0.2, -0.15) is 0 Å². The van der Waals surface area contributed by atoms with Crippen LogP contribution in [0.2, 0.25) is 0 Å². The van der Waals surface area contributed by atoms with E-state index in [2.05, 4.69) is 12.7 Å². The lowest BCUT2D eigenvalue weighted by molar-refractivity contribution is -0.0278. The average Bonchev–Trinajstić information content (AvgIpc) is 2.02. The molecule has 0 atom stereocenters. The highest BCUT2D eigenvalue weighted by molar-refractivity contribution is 5.05. The third-order valence-electron chi connectivity index (χ3n) is 4.41. The Morgan fingerprint density at radius 1 is 0.917 bits per heavy atom. The van der Waals surface area contributed by atoms with E-state index in [1.807, 2.05) is 0 Å². The molecule has 0 aromatic rings. The van der Waals surface area contributed by atoms with Gasteiger partial charge in [0.15, 0.2) is 0 Å². The van der Waals surface area contributed by atoms with E-state index in [1.54, 1.807) is 0 Å². The predicted molar refractivity (Wildman–Crippen MR) is 49.5 cm³/mol. The van der Waals surface area contributed by atoms with E-state index in [9.17, 15) is 0 Å². The molecule has 0 nitrogen and oxygen atoms in total. The summed E-state index contributed by atoms with van der Waals surface area (Å²) in [6.45, 7) is 3.93. The van der Waals surface area contributed by atoms with E-state index in [-0.39, 0.29) is 0 Å². The summed E-state index contributed by atoms with van der Waals surface area (Å²) in [6.07, 6.45) is 12.2. The van der Waals surface area contributed by atoms with E-state index >= 15 is 0 Å². The van der Waals surface area contributed by atoms with Gasteiger partial charge in [0.25, 0.3) is 0 Å². The average molecular weight is 161 g/mol. The molecule has 4 rings (SSSR count). The molecule has 65 valence electrons. The van der Waals surface area contributed by atoms with Gasteiger partial charge in [-0.25, -0.2) is 0 Å². The van der Waals surface area contributed by atoms with Gasteiger partial charge in [-0.1, -0.05) is 6.58 Å². The van der Waals surface area contributed by atoms with Crippen LogP contribution in [0.5, 0.6) is 0 Å². The maximum absolute atomic E-state index is 3.93. The van der Waals surface area contributed by atoms with Crippen molar-refractivity contribution in [1.29, 1.82) is 0 Å². The number of rotatable bonds is 1. The summed E-state index contributed by atoms with van der Waals surface area (Å²) < 4.78 is 0. The fraction of sp³-hybridized carbons (Fsp3) is 0.833. The van der Waals surface area contributed by atoms with Crippen LogP contribution in [0.1, 0.15) is 38.5 Å². The Morgan fingerprint density at radius 2 is 1.33 bits per heavy atom. The Labute approximate surface area is 75.0 Å². The molecule has 0 heterocycles. The molecule has 4 bridgehead atoms. The van der Waals surface area contributed by atoms with Crippen LogP contribution in [-0.2, 0) is 0 Å². The van der Waals surface area contributed by atoms with Gasteiger partial charge in [-0.3, -0.25) is 0 Å². The van der Waals surface area contributed by atoms with E-state index in [0.717, 1.165) is 17.8 Å². The van der Waals surface area contributed by atoms with Gasteiger partial charge in [0, 0.05) is 0 Å². The molecule has 0 spiro atoms. The van der Waals surface area contributed by atoms with E-state index in [4.69, 9.17) is 0 Å². The van der Waals surface area contributed by atoms with Crippen molar-refractivity contribution >= 4 is 0 Å². The first-order valence-electron chi connectivity index (χ1n) is 5.34. The van der Waals surface area contributed by atoms with Crippen molar-refractivity contribution in [3.63, 3.8) is 0 Å². The van der Waals surface area contributed by atoms with Crippen LogP contribution in [0.4, 0.5) is 0 Å². The second kappa shape index (κ2) is 2.16. The zero-order valence-corrected chi connectivity index (χ0v) is 7.68. The topological polar surface area (TPSA) is 0 Å². The minimum Gasteiger partial charge on any atom is -0.0950 e. The molecule has 0 aromatic carbocycles. The summed E-state index contributed by atoms with van der Waals surface area (Å²) in [5.74, 6) is 3.14. The van der Waals surface area contributed by atoms with Gasteiger partial charge < -0.3 is 0 Å². The molecule has 0 aliphatic heterocycles. The zero-order chi connectivity index (χ0) is 8.18. The molecule has 12 heavy (non-hydrogen) atoms. The molecule has 0 unspecified atom stereocenters. The molecule has 0 aromatic heterocycles. The normalized spacial score (nSPS) is 55.8. The van der Waals surface area contributed by atoms with Gasteiger partial charge in [-0.05, 0) is 67.8 Å². The second-order valence-corrected chi connectivity index (χ2v) is 5.37. The van der Waals surface area contributed by atoms with Crippen LogP contribution in [0.25, 0.3) is 0 Å². The molecule has 0 saturated heterocycles. The van der Waals surface area contributed by atoms with Gasteiger partial charge >= 0.3 is 0 Å². The Morgan fingerprint density at radius 3 is 1.67 bits per heavy atom. The SMILES string of the molecule is C=[C]C12CC3CC(CC(C3)C1)C2. The largest absolute Gasteiger partial charge is 0.0950 e. The maximum atomic E-state index is 3.93. The standard InChI is InChI=1S/C12H17/c1-2-12-6-9-3-10(7-12)5-11(4-9)8-12/h9-11H,1,3-8H2. The summed E-state index contributed by atoms with van der Waals surface area (Å²) in [4.78, 5) is 0. The summed E-state index contributed by atoms with van der Waals surface area (Å²) in [5.41, 5.74) is 0.481. The monoisotopic (exact) mass is 161 g/mol. The number of hydrogen-bond acceptors (Lipinski definition) is 0. The molecule has 4 aliphatic rings. The molecule has 0 N–H and O–H groups in total. The Balaban J connectivity index is 1.95. The molecular formula is C12H17. The van der Waals surface area contributed by atoms with Gasteiger partial charge in [0.1, 0.15) is 0 Å². The van der Waals surface area contributed by atoms with Crippen LogP contribution < -0.4 is 0 Å². The van der Waals surface area contributed by atoms with E-state index < -0.39 is 0 Å². The number of hydrogen-bond donors (Lipinski definition) is 0. The van der Waals surface area contributed by atoms with Crippen LogP contribution in [0.15, 0.2) is 6.58 Å². The fourth-order valence-electron chi connectivity index (χ4n) is 4.33. The minimum atomic E-state index is 0.481. The summed E-state index contributed by atoms with van der Waals surface area (Å²) in [5, 5.41) is 0. The van der Waals surface area contributed by atoms with Crippen LogP contribution >= 0.6 is 0 Å². The summed E-state index contributed by atoms with van der Waals surface area (Å²) in [6, 6.07) is 0. The highest BCUT2D eigenvalue weighted by Gasteiger charge is 2.49. The lowest BCUT2D eigenvalue weighted by atomic mass is 9.50. The van der Waals surface area contributed by atoms with Crippen molar-refractivity contribution in [2.75, 3.05) is 0 Å². The highest BCUT2D eigenvalue weighted by Crippen LogP contribution is 2.60. The van der Waals surface area contributed by atoms with Crippen LogP contribution in [0.3, 0.4) is 0 Å². The lowest BCUT2D eigenvalue weighted by Crippen LogP contribution is -2.45. The van der Waals surface area contributed by atoms with E-state index in [1.165, 1.54) is 38.5 Å². The first kappa shape index (κ1) is 7.17. The van der Waals surface area contributed by atoms with Crippen LogP contribution in [-0.4, -0.2) is 0 Å². The Kier molecular flexibility index (Phi) is 1.29.